The van der Waals surface area contributed by atoms with Crippen LogP contribution >= 0.6 is 11.3 Å². The molecule has 1 saturated heterocycles. The van der Waals surface area contributed by atoms with Crippen molar-refractivity contribution in [3.8, 4) is 11.3 Å². The molecular weight excluding hydrogens is 412 g/mol. The number of halogens is 2. The number of carbonyl (C=O) groups excluding carboxylic acids is 2. The molecule has 3 heterocycles. The molecule has 1 aromatic carbocycles. The standard InChI is InChI=1S/C21H19F2N3O3S/c1-12-18(14-4-5-15(22)16(23)11-14)24-21(30-12)25-19(27)13-6-8-26(9-7-13)20(28)17-3-2-10-29-17/h2-5,10-11,13H,6-9H2,1H3,(H,24,25,27). The molecule has 1 aliphatic rings. The van der Waals surface area contributed by atoms with Gasteiger partial charge in [0.05, 0.1) is 12.0 Å². The summed E-state index contributed by atoms with van der Waals surface area (Å²) < 4.78 is 31.9. The number of hydrogen-bond donors (Lipinski definition) is 1. The zero-order valence-electron chi connectivity index (χ0n) is 16.2. The van der Waals surface area contributed by atoms with Gasteiger partial charge in [0.15, 0.2) is 22.5 Å². The third-order valence-electron chi connectivity index (χ3n) is 5.10. The number of benzene rings is 1. The summed E-state index contributed by atoms with van der Waals surface area (Å²) in [6.45, 7) is 2.74. The normalized spacial score (nSPS) is 14.7. The Bertz CT molecular complexity index is 1070. The molecule has 0 atom stereocenters. The van der Waals surface area contributed by atoms with Gasteiger partial charge in [-0.2, -0.15) is 0 Å². The first-order valence-electron chi connectivity index (χ1n) is 9.49. The predicted molar refractivity (Wildman–Crippen MR) is 108 cm³/mol. The van der Waals surface area contributed by atoms with Crippen molar-refractivity contribution in [1.29, 1.82) is 0 Å². The summed E-state index contributed by atoms with van der Waals surface area (Å²) in [5, 5.41) is 3.23. The van der Waals surface area contributed by atoms with Crippen LogP contribution in [0.3, 0.4) is 0 Å². The van der Waals surface area contributed by atoms with Gasteiger partial charge < -0.3 is 14.6 Å². The molecule has 1 aliphatic heterocycles. The Labute approximate surface area is 175 Å². The summed E-state index contributed by atoms with van der Waals surface area (Å²) in [5.74, 6) is -2.14. The number of rotatable bonds is 4. The topological polar surface area (TPSA) is 75.4 Å². The molecule has 30 heavy (non-hydrogen) atoms. The summed E-state index contributed by atoms with van der Waals surface area (Å²) in [5.41, 5.74) is 0.959. The Kier molecular flexibility index (Phi) is 5.63. The zero-order valence-corrected chi connectivity index (χ0v) is 17.0. The number of aromatic nitrogens is 1. The first kappa shape index (κ1) is 20.2. The molecule has 0 saturated carbocycles. The molecule has 1 fully saturated rings. The largest absolute Gasteiger partial charge is 0.459 e. The highest BCUT2D eigenvalue weighted by Crippen LogP contribution is 2.32. The van der Waals surface area contributed by atoms with Crippen molar-refractivity contribution in [2.45, 2.75) is 19.8 Å². The number of likely N-dealkylation sites (tertiary alicyclic amines) is 1. The smallest absolute Gasteiger partial charge is 0.289 e. The average Bonchev–Trinajstić information content (AvgIpc) is 3.40. The fourth-order valence-electron chi connectivity index (χ4n) is 3.47. The van der Waals surface area contributed by atoms with Crippen LogP contribution in [0.4, 0.5) is 13.9 Å². The number of amides is 2. The van der Waals surface area contributed by atoms with Crippen LogP contribution in [0, 0.1) is 24.5 Å². The van der Waals surface area contributed by atoms with E-state index in [1.54, 1.807) is 17.0 Å². The van der Waals surface area contributed by atoms with E-state index in [4.69, 9.17) is 4.42 Å². The van der Waals surface area contributed by atoms with Crippen molar-refractivity contribution >= 4 is 28.3 Å². The number of aryl methyl sites for hydroxylation is 1. The van der Waals surface area contributed by atoms with Gasteiger partial charge in [0.1, 0.15) is 0 Å². The van der Waals surface area contributed by atoms with E-state index in [0.29, 0.717) is 48.1 Å². The number of piperidine rings is 1. The molecule has 2 amide bonds. The van der Waals surface area contributed by atoms with Crippen LogP contribution in [0.2, 0.25) is 0 Å². The molecule has 3 aromatic rings. The van der Waals surface area contributed by atoms with Gasteiger partial charge in [0, 0.05) is 29.4 Å². The monoisotopic (exact) mass is 431 g/mol. The predicted octanol–water partition coefficient (Wildman–Crippen LogP) is 4.48. The third-order valence-corrected chi connectivity index (χ3v) is 5.99. The van der Waals surface area contributed by atoms with Crippen LogP contribution in [0.25, 0.3) is 11.3 Å². The minimum atomic E-state index is -0.943. The fourth-order valence-corrected chi connectivity index (χ4v) is 4.31. The summed E-state index contributed by atoms with van der Waals surface area (Å²) >= 11 is 1.28. The summed E-state index contributed by atoms with van der Waals surface area (Å²) in [6, 6.07) is 6.89. The van der Waals surface area contributed by atoms with E-state index in [2.05, 4.69) is 10.3 Å². The minimum absolute atomic E-state index is 0.161. The highest BCUT2D eigenvalue weighted by Gasteiger charge is 2.29. The van der Waals surface area contributed by atoms with E-state index < -0.39 is 11.6 Å². The van der Waals surface area contributed by atoms with Crippen LogP contribution in [-0.4, -0.2) is 34.8 Å². The number of carbonyl (C=O) groups is 2. The summed E-state index contributed by atoms with van der Waals surface area (Å²) in [7, 11) is 0. The number of furan rings is 1. The van der Waals surface area contributed by atoms with Crippen LogP contribution in [0.5, 0.6) is 0 Å². The lowest BCUT2D eigenvalue weighted by atomic mass is 9.96. The maximum atomic E-state index is 13.5. The number of hydrogen-bond acceptors (Lipinski definition) is 5. The second kappa shape index (κ2) is 8.35. The Hall–Kier alpha value is -3.07. The van der Waals surface area contributed by atoms with Crippen molar-refractivity contribution in [2.24, 2.45) is 5.92 Å². The number of thiazole rings is 1. The lowest BCUT2D eigenvalue weighted by Gasteiger charge is -2.30. The molecule has 0 spiro atoms. The van der Waals surface area contributed by atoms with E-state index in [0.717, 1.165) is 17.0 Å². The summed E-state index contributed by atoms with van der Waals surface area (Å²) in [4.78, 5) is 31.8. The molecule has 1 N–H and O–H groups in total. The average molecular weight is 431 g/mol. The molecule has 2 aromatic heterocycles. The van der Waals surface area contributed by atoms with Crippen LogP contribution < -0.4 is 5.32 Å². The number of anilines is 1. The van der Waals surface area contributed by atoms with Crippen molar-refractivity contribution in [1.82, 2.24) is 9.88 Å². The minimum Gasteiger partial charge on any atom is -0.459 e. The molecule has 9 heteroatoms. The highest BCUT2D eigenvalue weighted by atomic mass is 32.1. The van der Waals surface area contributed by atoms with E-state index in [1.165, 1.54) is 23.7 Å². The second-order valence-electron chi connectivity index (χ2n) is 7.09. The van der Waals surface area contributed by atoms with Gasteiger partial charge in [0.25, 0.3) is 5.91 Å². The molecule has 0 unspecified atom stereocenters. The maximum absolute atomic E-state index is 13.5. The Morgan fingerprint density at radius 2 is 1.97 bits per heavy atom. The molecule has 6 nitrogen and oxygen atoms in total. The van der Waals surface area contributed by atoms with Gasteiger partial charge in [0.2, 0.25) is 5.91 Å². The molecule has 0 aliphatic carbocycles. The van der Waals surface area contributed by atoms with Gasteiger partial charge in [-0.05, 0) is 50.1 Å². The van der Waals surface area contributed by atoms with Gasteiger partial charge >= 0.3 is 0 Å². The van der Waals surface area contributed by atoms with Crippen molar-refractivity contribution in [3.05, 3.63) is 58.9 Å². The van der Waals surface area contributed by atoms with Gasteiger partial charge in [-0.15, -0.1) is 11.3 Å². The molecule has 4 rings (SSSR count). The second-order valence-corrected chi connectivity index (χ2v) is 8.29. The maximum Gasteiger partial charge on any atom is 0.289 e. The van der Waals surface area contributed by atoms with E-state index in [1.807, 2.05) is 6.92 Å². The van der Waals surface area contributed by atoms with Crippen LogP contribution in [0.1, 0.15) is 28.3 Å². The summed E-state index contributed by atoms with van der Waals surface area (Å²) in [6.07, 6.45) is 2.54. The quantitative estimate of drug-likeness (QED) is 0.661. The van der Waals surface area contributed by atoms with Gasteiger partial charge in [-0.25, -0.2) is 13.8 Å². The Morgan fingerprint density at radius 1 is 1.20 bits per heavy atom. The Morgan fingerprint density at radius 3 is 2.63 bits per heavy atom. The van der Waals surface area contributed by atoms with Gasteiger partial charge in [-0.1, -0.05) is 0 Å². The van der Waals surface area contributed by atoms with Crippen molar-refractivity contribution in [3.63, 3.8) is 0 Å². The van der Waals surface area contributed by atoms with E-state index >= 15 is 0 Å². The zero-order chi connectivity index (χ0) is 21.3. The SMILES string of the molecule is Cc1sc(NC(=O)C2CCN(C(=O)c3ccco3)CC2)nc1-c1ccc(F)c(F)c1. The lowest BCUT2D eigenvalue weighted by molar-refractivity contribution is -0.121. The first-order chi connectivity index (χ1) is 14.4. The van der Waals surface area contributed by atoms with E-state index in [-0.39, 0.29) is 17.7 Å². The number of nitrogens with zero attached hydrogens (tertiary/aromatic N) is 2. The van der Waals surface area contributed by atoms with Gasteiger partial charge in [-0.3, -0.25) is 9.59 Å². The lowest BCUT2D eigenvalue weighted by Crippen LogP contribution is -2.41. The van der Waals surface area contributed by atoms with Crippen molar-refractivity contribution in [2.75, 3.05) is 18.4 Å². The van der Waals surface area contributed by atoms with Crippen molar-refractivity contribution < 1.29 is 22.8 Å². The highest BCUT2D eigenvalue weighted by molar-refractivity contribution is 7.16. The van der Waals surface area contributed by atoms with Crippen LogP contribution in [-0.2, 0) is 4.79 Å². The fraction of sp³-hybridized carbons (Fsp3) is 0.286. The molecule has 0 bridgehead atoms. The molecular formula is C21H19F2N3O3S. The third kappa shape index (κ3) is 4.11. The molecule has 0 radical (unpaired) electrons. The van der Waals surface area contributed by atoms with Crippen LogP contribution in [0.15, 0.2) is 41.0 Å². The molecule has 156 valence electrons. The number of nitrogens with one attached hydrogen (secondary N) is 1. The Balaban J connectivity index is 1.38. The van der Waals surface area contributed by atoms with E-state index in [9.17, 15) is 18.4 Å². The first-order valence-corrected chi connectivity index (χ1v) is 10.3.